The number of hydrogen-bond acceptors (Lipinski definition) is 8. The zero-order valence-corrected chi connectivity index (χ0v) is 19.5. The first-order valence-corrected chi connectivity index (χ1v) is 11.8. The molecule has 0 saturated carbocycles. The summed E-state index contributed by atoms with van der Waals surface area (Å²) in [4.78, 5) is 37.9. The van der Waals surface area contributed by atoms with Crippen molar-refractivity contribution in [3.8, 4) is 17.2 Å². The highest BCUT2D eigenvalue weighted by atomic mass is 32.2. The molecule has 0 aromatic heterocycles. The van der Waals surface area contributed by atoms with Crippen molar-refractivity contribution in [3.05, 3.63) is 47.5 Å². The average molecular weight is 477 g/mol. The summed E-state index contributed by atoms with van der Waals surface area (Å²) in [6.07, 6.45) is 1.54. The van der Waals surface area contributed by atoms with E-state index in [-0.39, 0.29) is 46.4 Å². The second-order valence-corrected chi connectivity index (χ2v) is 9.27. The number of nitrogens with zero attached hydrogens (tertiary/aromatic N) is 2. The molecule has 0 aliphatic carbocycles. The largest absolute Gasteiger partial charge is 0.493 e. The summed E-state index contributed by atoms with van der Waals surface area (Å²) in [5.41, 5.74) is 0.121. The third-order valence-corrected chi connectivity index (χ3v) is 6.13. The minimum Gasteiger partial charge on any atom is -0.493 e. The van der Waals surface area contributed by atoms with Crippen molar-refractivity contribution in [1.82, 2.24) is 10.0 Å². The molecule has 10 nitrogen and oxygen atoms in total. The first-order valence-electron chi connectivity index (χ1n) is 9.95. The Balaban J connectivity index is 1.98. The van der Waals surface area contributed by atoms with E-state index >= 15 is 0 Å². The van der Waals surface area contributed by atoms with Gasteiger partial charge in [0.2, 0.25) is 5.75 Å². The first kappa shape index (κ1) is 24.1. The van der Waals surface area contributed by atoms with Crippen LogP contribution in [-0.2, 0) is 14.6 Å². The van der Waals surface area contributed by atoms with Crippen LogP contribution in [0.1, 0.15) is 34.1 Å². The lowest BCUT2D eigenvalue weighted by atomic mass is 10.1. The number of benzene rings is 2. The molecule has 0 atom stereocenters. The van der Waals surface area contributed by atoms with E-state index in [1.165, 1.54) is 61.5 Å². The predicted octanol–water partition coefficient (Wildman–Crippen LogP) is 1.94. The Morgan fingerprint density at radius 3 is 1.97 bits per heavy atom. The van der Waals surface area contributed by atoms with Gasteiger partial charge in [-0.05, 0) is 30.7 Å². The van der Waals surface area contributed by atoms with Gasteiger partial charge >= 0.3 is 5.97 Å². The lowest BCUT2D eigenvalue weighted by molar-refractivity contribution is -0.132. The van der Waals surface area contributed by atoms with Crippen molar-refractivity contribution in [2.45, 2.75) is 18.2 Å². The van der Waals surface area contributed by atoms with Crippen LogP contribution >= 0.6 is 0 Å². The second kappa shape index (κ2) is 9.49. The van der Waals surface area contributed by atoms with Gasteiger partial charge in [-0.15, -0.1) is 0 Å². The molecule has 0 radical (unpaired) electrons. The van der Waals surface area contributed by atoms with Gasteiger partial charge in [-0.25, -0.2) is 18.4 Å². The van der Waals surface area contributed by atoms with Crippen molar-refractivity contribution in [2.75, 3.05) is 33.6 Å². The molecule has 1 aliphatic rings. The Labute approximate surface area is 191 Å². The summed E-state index contributed by atoms with van der Waals surface area (Å²) in [7, 11) is -0.954. The third-order valence-electron chi connectivity index (χ3n) is 4.97. The normalized spacial score (nSPS) is 13.6. The molecule has 0 unspecified atom stereocenters. The molecule has 1 saturated heterocycles. The fraction of sp³-hybridized carbons (Fsp3) is 0.318. The van der Waals surface area contributed by atoms with Gasteiger partial charge in [0.15, 0.2) is 21.3 Å². The molecule has 0 spiro atoms. The predicted molar refractivity (Wildman–Crippen MR) is 117 cm³/mol. The van der Waals surface area contributed by atoms with Crippen LogP contribution in [0.15, 0.2) is 41.3 Å². The summed E-state index contributed by atoms with van der Waals surface area (Å²) in [5, 5.41) is 2.48. The lowest BCUT2D eigenvalue weighted by Gasteiger charge is -2.28. The molecular weight excluding hydrogens is 452 g/mol. The quantitative estimate of drug-likeness (QED) is 0.458. The molecule has 11 heteroatoms. The number of rotatable bonds is 6. The number of esters is 1. The molecule has 1 heterocycles. The van der Waals surface area contributed by atoms with E-state index in [1.807, 2.05) is 0 Å². The molecule has 1 aliphatic heterocycles. The number of carbonyl (C=O) groups is 3. The van der Waals surface area contributed by atoms with Gasteiger partial charge in [0.1, 0.15) is 0 Å². The number of sulfone groups is 1. The number of hydrazine groups is 1. The van der Waals surface area contributed by atoms with Gasteiger partial charge in [-0.3, -0.25) is 14.4 Å². The van der Waals surface area contributed by atoms with Crippen molar-refractivity contribution < 1.29 is 37.0 Å². The highest BCUT2D eigenvalue weighted by Crippen LogP contribution is 2.39. The average Bonchev–Trinajstić information content (AvgIpc) is 3.27. The lowest BCUT2D eigenvalue weighted by Crippen LogP contribution is -2.45. The van der Waals surface area contributed by atoms with Crippen LogP contribution in [0.5, 0.6) is 17.2 Å². The number of hydrogen-bond donors (Lipinski definition) is 0. The van der Waals surface area contributed by atoms with Crippen molar-refractivity contribution in [1.29, 1.82) is 0 Å². The molecule has 0 N–H and O–H groups in total. The Bertz CT molecular complexity index is 1180. The van der Waals surface area contributed by atoms with Crippen molar-refractivity contribution in [3.63, 3.8) is 0 Å². The van der Waals surface area contributed by atoms with Crippen LogP contribution in [0.2, 0.25) is 0 Å². The number of ether oxygens (including phenoxy) is 3. The van der Waals surface area contributed by atoms with Crippen LogP contribution in [-0.4, -0.2) is 69.8 Å². The van der Waals surface area contributed by atoms with Crippen LogP contribution in [0.4, 0.5) is 0 Å². The summed E-state index contributed by atoms with van der Waals surface area (Å²) < 4.78 is 40.0. The van der Waals surface area contributed by atoms with E-state index in [9.17, 15) is 22.8 Å². The molecule has 33 heavy (non-hydrogen) atoms. The maximum Gasteiger partial charge on any atom is 0.308 e. The van der Waals surface area contributed by atoms with E-state index in [1.54, 1.807) is 6.07 Å². The standard InChI is InChI=1S/C22H24N2O8S/c1-14(25)32-20-17(30-2)12-15(13-18(20)31-3)21(26)23-10-7-11-24(23)22(27)16-8-5-6-9-19(16)33(4,28)29/h5-6,8-9,12-13H,7,10-11H2,1-4H3. The summed E-state index contributed by atoms with van der Waals surface area (Å²) >= 11 is 0. The van der Waals surface area contributed by atoms with E-state index in [2.05, 4.69) is 0 Å². The second-order valence-electron chi connectivity index (χ2n) is 7.28. The minimum absolute atomic E-state index is 0.0138. The number of carbonyl (C=O) groups excluding carboxylic acids is 3. The summed E-state index contributed by atoms with van der Waals surface area (Å²) in [6.45, 7) is 1.71. The smallest absolute Gasteiger partial charge is 0.308 e. The van der Waals surface area contributed by atoms with E-state index < -0.39 is 27.6 Å². The summed E-state index contributed by atoms with van der Waals surface area (Å²) in [6, 6.07) is 8.63. The van der Waals surface area contributed by atoms with Gasteiger partial charge in [-0.2, -0.15) is 0 Å². The zero-order chi connectivity index (χ0) is 24.3. The zero-order valence-electron chi connectivity index (χ0n) is 18.7. The molecule has 2 amide bonds. The Kier molecular flexibility index (Phi) is 6.92. The van der Waals surface area contributed by atoms with E-state index in [0.29, 0.717) is 6.42 Å². The molecule has 3 rings (SSSR count). The SMILES string of the molecule is COc1cc(C(=O)N2CCCN2C(=O)c2ccccc2S(C)(=O)=O)cc(OC)c1OC(C)=O. The minimum atomic E-state index is -3.66. The molecule has 176 valence electrons. The highest BCUT2D eigenvalue weighted by Gasteiger charge is 2.34. The van der Waals surface area contributed by atoms with Crippen molar-refractivity contribution >= 4 is 27.6 Å². The van der Waals surface area contributed by atoms with Gasteiger partial charge in [-0.1, -0.05) is 12.1 Å². The first-order chi connectivity index (χ1) is 15.6. The molecular formula is C22H24N2O8S. The molecule has 1 fully saturated rings. The van der Waals surface area contributed by atoms with E-state index in [0.717, 1.165) is 6.26 Å². The maximum absolute atomic E-state index is 13.3. The highest BCUT2D eigenvalue weighted by molar-refractivity contribution is 7.90. The molecule has 2 aromatic carbocycles. The van der Waals surface area contributed by atoms with Gasteiger partial charge in [0.05, 0.1) is 24.7 Å². The van der Waals surface area contributed by atoms with Crippen LogP contribution < -0.4 is 14.2 Å². The van der Waals surface area contributed by atoms with Crippen molar-refractivity contribution in [2.24, 2.45) is 0 Å². The Morgan fingerprint density at radius 2 is 1.45 bits per heavy atom. The van der Waals surface area contributed by atoms with Gasteiger partial charge in [0.25, 0.3) is 11.8 Å². The monoisotopic (exact) mass is 476 g/mol. The number of methoxy groups -OCH3 is 2. The van der Waals surface area contributed by atoms with Gasteiger partial charge in [0, 0.05) is 31.8 Å². The summed E-state index contributed by atoms with van der Waals surface area (Å²) in [5.74, 6) is -1.48. The fourth-order valence-electron chi connectivity index (χ4n) is 3.54. The maximum atomic E-state index is 13.3. The molecule has 2 aromatic rings. The topological polar surface area (TPSA) is 120 Å². The van der Waals surface area contributed by atoms with Crippen LogP contribution in [0.25, 0.3) is 0 Å². The molecule has 0 bridgehead atoms. The van der Waals surface area contributed by atoms with Crippen LogP contribution in [0, 0.1) is 0 Å². The van der Waals surface area contributed by atoms with Crippen LogP contribution in [0.3, 0.4) is 0 Å². The third kappa shape index (κ3) is 4.92. The van der Waals surface area contributed by atoms with E-state index in [4.69, 9.17) is 14.2 Å². The Hall–Kier alpha value is -3.60. The Morgan fingerprint density at radius 1 is 0.909 bits per heavy atom. The fourth-order valence-corrected chi connectivity index (χ4v) is 4.42. The van der Waals surface area contributed by atoms with Gasteiger partial charge < -0.3 is 14.2 Å². The number of amides is 2.